The number of amides is 2. The lowest BCUT2D eigenvalue weighted by atomic mass is 10.2. The van der Waals surface area contributed by atoms with E-state index in [4.69, 9.17) is 9.47 Å². The van der Waals surface area contributed by atoms with Crippen LogP contribution in [0, 0.1) is 0 Å². The summed E-state index contributed by atoms with van der Waals surface area (Å²) < 4.78 is 12.0. The topological polar surface area (TPSA) is 84.0 Å². The zero-order valence-corrected chi connectivity index (χ0v) is 19.0. The molecule has 2 heterocycles. The monoisotopic (exact) mass is 440 g/mol. The van der Waals surface area contributed by atoms with E-state index in [0.717, 1.165) is 12.8 Å². The number of carbonyl (C=O) groups excluding carboxylic acids is 2. The van der Waals surface area contributed by atoms with E-state index in [1.807, 2.05) is 23.1 Å². The Bertz CT molecular complexity index is 916. The van der Waals surface area contributed by atoms with Crippen molar-refractivity contribution in [1.82, 2.24) is 20.1 Å². The molecule has 0 saturated heterocycles. The highest BCUT2D eigenvalue weighted by atomic mass is 16.5. The molecule has 8 nitrogen and oxygen atoms in total. The third kappa shape index (κ3) is 6.20. The first kappa shape index (κ1) is 23.5. The molecule has 0 spiro atoms. The van der Waals surface area contributed by atoms with Crippen molar-refractivity contribution in [2.45, 2.75) is 32.7 Å². The Labute approximate surface area is 189 Å². The number of nitrogens with one attached hydrogen (secondary N) is 1. The Morgan fingerprint density at radius 2 is 1.84 bits per heavy atom. The van der Waals surface area contributed by atoms with Gasteiger partial charge in [0, 0.05) is 38.9 Å². The molecule has 0 bridgehead atoms. The van der Waals surface area contributed by atoms with Crippen LogP contribution in [-0.2, 0) is 4.79 Å². The lowest BCUT2D eigenvalue weighted by Crippen LogP contribution is -2.45. The molecule has 0 saturated carbocycles. The first-order valence-corrected chi connectivity index (χ1v) is 11.1. The molecular weight excluding hydrogens is 408 g/mol. The molecular formula is C24H32N4O4. The van der Waals surface area contributed by atoms with Crippen molar-refractivity contribution in [2.24, 2.45) is 0 Å². The summed E-state index contributed by atoms with van der Waals surface area (Å²) in [4.78, 5) is 33.6. The molecule has 1 aromatic heterocycles. The fourth-order valence-electron chi connectivity index (χ4n) is 3.52. The molecule has 2 aromatic rings. The molecule has 0 radical (unpaired) electrons. The van der Waals surface area contributed by atoms with Crippen molar-refractivity contribution < 1.29 is 19.1 Å². The van der Waals surface area contributed by atoms with Gasteiger partial charge in [0.1, 0.15) is 12.2 Å². The summed E-state index contributed by atoms with van der Waals surface area (Å²) in [6, 6.07) is 10.9. The van der Waals surface area contributed by atoms with Gasteiger partial charge in [-0.05, 0) is 37.1 Å². The summed E-state index contributed by atoms with van der Waals surface area (Å²) in [5.41, 5.74) is 0.377. The third-order valence-electron chi connectivity index (χ3n) is 5.54. The summed E-state index contributed by atoms with van der Waals surface area (Å²) in [6.45, 7) is 6.29. The van der Waals surface area contributed by atoms with Crippen LogP contribution in [-0.4, -0.2) is 72.5 Å². The summed E-state index contributed by atoms with van der Waals surface area (Å²) in [5, 5.41) is 3.08. The van der Waals surface area contributed by atoms with Gasteiger partial charge in [-0.1, -0.05) is 26.0 Å². The van der Waals surface area contributed by atoms with E-state index < -0.39 is 0 Å². The molecule has 2 amide bonds. The summed E-state index contributed by atoms with van der Waals surface area (Å²) >= 11 is 0. The van der Waals surface area contributed by atoms with E-state index in [-0.39, 0.29) is 30.3 Å². The summed E-state index contributed by atoms with van der Waals surface area (Å²) in [7, 11) is 1.74. The van der Waals surface area contributed by atoms with E-state index >= 15 is 0 Å². The van der Waals surface area contributed by atoms with Crippen LogP contribution in [0.15, 0.2) is 42.6 Å². The number of hydrogen-bond acceptors (Lipinski definition) is 6. The number of benzene rings is 1. The highest BCUT2D eigenvalue weighted by Crippen LogP contribution is 2.32. The van der Waals surface area contributed by atoms with Gasteiger partial charge in [-0.2, -0.15) is 0 Å². The Kier molecular flexibility index (Phi) is 8.44. The minimum atomic E-state index is -0.188. The Hall–Kier alpha value is -3.13. The van der Waals surface area contributed by atoms with Gasteiger partial charge in [0.25, 0.3) is 5.91 Å². The number of likely N-dealkylation sites (N-methyl/N-ethyl adjacent to an activating group) is 1. The van der Waals surface area contributed by atoms with Crippen LogP contribution >= 0.6 is 0 Å². The number of aromatic nitrogens is 1. The van der Waals surface area contributed by atoms with Gasteiger partial charge in [-0.25, -0.2) is 4.98 Å². The average molecular weight is 441 g/mol. The number of nitrogens with zero attached hydrogens (tertiary/aromatic N) is 3. The minimum absolute atomic E-state index is 0.0183. The smallest absolute Gasteiger partial charge is 0.259 e. The predicted octanol–water partition coefficient (Wildman–Crippen LogP) is 2.95. The van der Waals surface area contributed by atoms with E-state index in [0.29, 0.717) is 43.3 Å². The normalized spacial score (nSPS) is 15.4. The van der Waals surface area contributed by atoms with Crippen molar-refractivity contribution in [3.63, 3.8) is 0 Å². The number of fused-ring (bicyclic) bond motifs is 2. The number of pyridine rings is 1. The van der Waals surface area contributed by atoms with E-state index in [1.54, 1.807) is 36.3 Å². The number of ether oxygens (including phenoxy) is 2. The zero-order chi connectivity index (χ0) is 22.9. The quantitative estimate of drug-likeness (QED) is 0.770. The third-order valence-corrected chi connectivity index (χ3v) is 5.54. The van der Waals surface area contributed by atoms with Gasteiger partial charge in [-0.15, -0.1) is 0 Å². The standard InChI is InChI=1S/C24H32N4O4/c1-4-18(5-2)26-22(29)17-28-14-13-27(3)24(30)19-9-8-12-25-23(19)32-21-11-7-6-10-20(21)31-16-15-28/h6-12,18H,4-5,13-17H2,1-3H3,(H,26,29). The highest BCUT2D eigenvalue weighted by Gasteiger charge is 2.22. The Morgan fingerprint density at radius 3 is 2.59 bits per heavy atom. The molecule has 1 aliphatic heterocycles. The maximum atomic E-state index is 13.1. The first-order chi connectivity index (χ1) is 15.5. The molecule has 1 aromatic carbocycles. The van der Waals surface area contributed by atoms with Crippen LogP contribution < -0.4 is 14.8 Å². The van der Waals surface area contributed by atoms with E-state index in [2.05, 4.69) is 24.1 Å². The van der Waals surface area contributed by atoms with Crippen molar-refractivity contribution in [1.29, 1.82) is 0 Å². The van der Waals surface area contributed by atoms with Crippen molar-refractivity contribution in [3.8, 4) is 17.4 Å². The second-order valence-electron chi connectivity index (χ2n) is 7.84. The molecule has 32 heavy (non-hydrogen) atoms. The van der Waals surface area contributed by atoms with Gasteiger partial charge >= 0.3 is 0 Å². The average Bonchev–Trinajstić information content (AvgIpc) is 2.81. The summed E-state index contributed by atoms with van der Waals surface area (Å²) in [6.07, 6.45) is 3.38. The van der Waals surface area contributed by atoms with Crippen LogP contribution in [0.25, 0.3) is 0 Å². The highest BCUT2D eigenvalue weighted by molar-refractivity contribution is 5.96. The number of carbonyl (C=O) groups is 2. The fraction of sp³-hybridized carbons (Fsp3) is 0.458. The van der Waals surface area contributed by atoms with Crippen LogP contribution in [0.4, 0.5) is 0 Å². The maximum absolute atomic E-state index is 13.1. The lowest BCUT2D eigenvalue weighted by Gasteiger charge is -2.26. The largest absolute Gasteiger partial charge is 0.488 e. The van der Waals surface area contributed by atoms with Crippen LogP contribution in [0.3, 0.4) is 0 Å². The number of rotatable bonds is 5. The second kappa shape index (κ2) is 11.5. The second-order valence-corrected chi connectivity index (χ2v) is 7.84. The molecule has 1 N–H and O–H groups in total. The molecule has 1 aliphatic rings. The molecule has 172 valence electrons. The summed E-state index contributed by atoms with van der Waals surface area (Å²) in [5.74, 6) is 1.08. The van der Waals surface area contributed by atoms with Crippen molar-refractivity contribution in [2.75, 3.05) is 39.8 Å². The first-order valence-electron chi connectivity index (χ1n) is 11.1. The van der Waals surface area contributed by atoms with E-state index in [9.17, 15) is 9.59 Å². The van der Waals surface area contributed by atoms with Crippen LogP contribution in [0.2, 0.25) is 0 Å². The molecule has 0 unspecified atom stereocenters. The van der Waals surface area contributed by atoms with E-state index in [1.165, 1.54) is 0 Å². The molecule has 3 rings (SSSR count). The zero-order valence-electron chi connectivity index (χ0n) is 19.0. The SMILES string of the molecule is CCC(CC)NC(=O)CN1CCOc2ccccc2Oc2ncccc2C(=O)N(C)CC1. The van der Waals surface area contributed by atoms with Gasteiger partial charge in [-0.3, -0.25) is 14.5 Å². The fourth-order valence-corrected chi connectivity index (χ4v) is 3.52. The van der Waals surface area contributed by atoms with Crippen LogP contribution in [0.5, 0.6) is 17.4 Å². The molecule has 0 fully saturated rings. The Morgan fingerprint density at radius 1 is 1.09 bits per heavy atom. The minimum Gasteiger partial charge on any atom is -0.488 e. The molecule has 0 atom stereocenters. The van der Waals surface area contributed by atoms with Gasteiger partial charge in [0.05, 0.1) is 6.54 Å². The maximum Gasteiger partial charge on any atom is 0.259 e. The van der Waals surface area contributed by atoms with Gasteiger partial charge in [0.2, 0.25) is 11.8 Å². The number of hydrogen-bond donors (Lipinski definition) is 1. The molecule has 0 aliphatic carbocycles. The predicted molar refractivity (Wildman–Crippen MR) is 122 cm³/mol. The van der Waals surface area contributed by atoms with Gasteiger partial charge < -0.3 is 19.7 Å². The van der Waals surface area contributed by atoms with Gasteiger partial charge in [0.15, 0.2) is 11.5 Å². The van der Waals surface area contributed by atoms with Crippen LogP contribution in [0.1, 0.15) is 37.0 Å². The van der Waals surface area contributed by atoms with Crippen molar-refractivity contribution in [3.05, 3.63) is 48.2 Å². The Balaban J connectivity index is 1.82. The van der Waals surface area contributed by atoms with Crippen molar-refractivity contribution >= 4 is 11.8 Å². The molecule has 8 heteroatoms. The number of para-hydroxylation sites is 2. The lowest BCUT2D eigenvalue weighted by molar-refractivity contribution is -0.123.